The maximum Gasteiger partial charge on any atom is 0.338 e. The molecule has 0 radical (unpaired) electrons. The molecule has 1 aromatic rings. The van der Waals surface area contributed by atoms with Crippen molar-refractivity contribution in [2.45, 2.75) is 26.4 Å². The summed E-state index contributed by atoms with van der Waals surface area (Å²) in [5, 5.41) is 9.31. The molecule has 0 spiro atoms. The number of likely N-dealkylation sites (N-methyl/N-ethyl adjacent to an activating group) is 2. The molecule has 112 valence electrons. The van der Waals surface area contributed by atoms with E-state index in [4.69, 9.17) is 5.73 Å². The number of hydrogen-bond acceptors (Lipinski definition) is 4. The molecule has 1 atom stereocenters. The number of nitrogens with two attached hydrogens (primary N) is 1. The van der Waals surface area contributed by atoms with Crippen molar-refractivity contribution in [1.82, 2.24) is 9.80 Å². The van der Waals surface area contributed by atoms with E-state index in [1.165, 1.54) is 0 Å². The minimum Gasteiger partial charge on any atom is -0.478 e. The number of aromatic carboxylic acids is 1. The number of nitrogen functional groups attached to an aromatic ring is 1. The van der Waals surface area contributed by atoms with Gasteiger partial charge in [-0.05, 0) is 39.2 Å². The lowest BCUT2D eigenvalue weighted by Crippen LogP contribution is -2.39. The monoisotopic (exact) mass is 279 g/mol. The quantitative estimate of drug-likeness (QED) is 0.744. The van der Waals surface area contributed by atoms with Gasteiger partial charge in [-0.25, -0.2) is 4.79 Å². The highest BCUT2D eigenvalue weighted by atomic mass is 16.4. The normalized spacial score (nSPS) is 12.9. The molecule has 20 heavy (non-hydrogen) atoms. The summed E-state index contributed by atoms with van der Waals surface area (Å²) in [6.45, 7) is 6.62. The zero-order chi connectivity index (χ0) is 15.3. The van der Waals surface area contributed by atoms with Crippen molar-refractivity contribution < 1.29 is 9.90 Å². The number of anilines is 1. The van der Waals surface area contributed by atoms with E-state index in [-0.39, 0.29) is 5.56 Å². The Morgan fingerprint density at radius 3 is 2.55 bits per heavy atom. The number of nitrogens with zero attached hydrogens (tertiary/aromatic N) is 2. The largest absolute Gasteiger partial charge is 0.478 e. The van der Waals surface area contributed by atoms with Gasteiger partial charge < -0.3 is 15.7 Å². The number of rotatable bonds is 7. The Balaban J connectivity index is 2.96. The van der Waals surface area contributed by atoms with Crippen LogP contribution in [0.4, 0.5) is 5.69 Å². The van der Waals surface area contributed by atoms with E-state index in [1.54, 1.807) is 6.07 Å². The van der Waals surface area contributed by atoms with Crippen LogP contribution in [-0.4, -0.2) is 54.1 Å². The average molecular weight is 279 g/mol. The summed E-state index contributed by atoms with van der Waals surface area (Å²) in [5.74, 6) is -0.964. The van der Waals surface area contributed by atoms with Crippen molar-refractivity contribution in [2.24, 2.45) is 0 Å². The molecular weight excluding hydrogens is 254 g/mol. The van der Waals surface area contributed by atoms with Crippen LogP contribution in [0.15, 0.2) is 18.2 Å². The van der Waals surface area contributed by atoms with Crippen molar-refractivity contribution in [3.05, 3.63) is 29.3 Å². The first-order valence-corrected chi connectivity index (χ1v) is 6.86. The van der Waals surface area contributed by atoms with Gasteiger partial charge in [0.25, 0.3) is 0 Å². The molecular formula is C15H25N3O2. The van der Waals surface area contributed by atoms with Gasteiger partial charge in [0.05, 0.1) is 5.56 Å². The van der Waals surface area contributed by atoms with Crippen LogP contribution >= 0.6 is 0 Å². The molecule has 1 rings (SSSR count). The Kier molecular flexibility index (Phi) is 5.98. The van der Waals surface area contributed by atoms with Gasteiger partial charge in [-0.15, -0.1) is 0 Å². The van der Waals surface area contributed by atoms with E-state index in [2.05, 4.69) is 23.6 Å². The topological polar surface area (TPSA) is 69.8 Å². The van der Waals surface area contributed by atoms with Crippen LogP contribution < -0.4 is 5.73 Å². The molecule has 0 heterocycles. The first-order chi connectivity index (χ1) is 9.36. The highest BCUT2D eigenvalue weighted by Gasteiger charge is 2.18. The third-order valence-corrected chi connectivity index (χ3v) is 3.43. The second-order valence-electron chi connectivity index (χ2n) is 5.36. The molecule has 1 aromatic carbocycles. The smallest absolute Gasteiger partial charge is 0.338 e. The molecule has 0 aliphatic rings. The van der Waals surface area contributed by atoms with Gasteiger partial charge >= 0.3 is 5.97 Å². The number of carbonyl (C=O) groups is 1. The molecule has 0 aromatic heterocycles. The SMILES string of the molecule is CCN(Cc1cccc(N)c1C(=O)O)C(C)CN(C)C. The summed E-state index contributed by atoms with van der Waals surface area (Å²) < 4.78 is 0. The molecule has 5 nitrogen and oxygen atoms in total. The van der Waals surface area contributed by atoms with E-state index >= 15 is 0 Å². The fraction of sp³-hybridized carbons (Fsp3) is 0.533. The van der Waals surface area contributed by atoms with Crippen LogP contribution in [0, 0.1) is 0 Å². The predicted molar refractivity (Wildman–Crippen MR) is 81.9 cm³/mol. The van der Waals surface area contributed by atoms with Gasteiger partial charge in [-0.3, -0.25) is 4.90 Å². The van der Waals surface area contributed by atoms with Gasteiger partial charge in [-0.2, -0.15) is 0 Å². The standard InChI is InChI=1S/C15H25N3O2/c1-5-18(11(2)9-17(3)4)10-12-7-6-8-13(16)14(12)15(19)20/h6-8,11H,5,9-10,16H2,1-4H3,(H,19,20). The van der Waals surface area contributed by atoms with Crippen molar-refractivity contribution in [2.75, 3.05) is 32.9 Å². The average Bonchev–Trinajstić information content (AvgIpc) is 2.34. The van der Waals surface area contributed by atoms with Crippen LogP contribution in [0.1, 0.15) is 29.8 Å². The first-order valence-electron chi connectivity index (χ1n) is 6.86. The molecule has 0 bridgehead atoms. The lowest BCUT2D eigenvalue weighted by atomic mass is 10.0. The summed E-state index contributed by atoms with van der Waals surface area (Å²) >= 11 is 0. The Morgan fingerprint density at radius 1 is 1.40 bits per heavy atom. The molecule has 0 aliphatic carbocycles. The minimum atomic E-state index is -0.964. The molecule has 0 saturated heterocycles. The Bertz CT molecular complexity index is 460. The van der Waals surface area contributed by atoms with E-state index in [0.29, 0.717) is 18.3 Å². The number of benzene rings is 1. The van der Waals surface area contributed by atoms with Crippen LogP contribution in [0.3, 0.4) is 0 Å². The third kappa shape index (κ3) is 4.21. The summed E-state index contributed by atoms with van der Waals surface area (Å²) in [7, 11) is 4.07. The number of carboxylic acid groups (broad SMARTS) is 1. The van der Waals surface area contributed by atoms with Crippen LogP contribution in [-0.2, 0) is 6.54 Å². The molecule has 3 N–H and O–H groups in total. The fourth-order valence-corrected chi connectivity index (χ4v) is 2.45. The van der Waals surface area contributed by atoms with E-state index < -0.39 is 5.97 Å². The van der Waals surface area contributed by atoms with Gasteiger partial charge in [0.2, 0.25) is 0 Å². The predicted octanol–water partition coefficient (Wildman–Crippen LogP) is 1.74. The lowest BCUT2D eigenvalue weighted by Gasteiger charge is -2.30. The fourth-order valence-electron chi connectivity index (χ4n) is 2.45. The third-order valence-electron chi connectivity index (χ3n) is 3.43. The van der Waals surface area contributed by atoms with Crippen molar-refractivity contribution in [3.8, 4) is 0 Å². The van der Waals surface area contributed by atoms with Crippen molar-refractivity contribution in [1.29, 1.82) is 0 Å². The first kappa shape index (κ1) is 16.5. The summed E-state index contributed by atoms with van der Waals surface area (Å²) in [5.41, 5.74) is 7.11. The van der Waals surface area contributed by atoms with Crippen molar-refractivity contribution in [3.63, 3.8) is 0 Å². The second-order valence-corrected chi connectivity index (χ2v) is 5.36. The van der Waals surface area contributed by atoms with E-state index in [0.717, 1.165) is 18.7 Å². The second kappa shape index (κ2) is 7.26. The van der Waals surface area contributed by atoms with Crippen LogP contribution in [0.25, 0.3) is 0 Å². The maximum absolute atomic E-state index is 11.4. The minimum absolute atomic E-state index is 0.225. The van der Waals surface area contributed by atoms with Gasteiger partial charge in [0.15, 0.2) is 0 Å². The zero-order valence-electron chi connectivity index (χ0n) is 12.8. The van der Waals surface area contributed by atoms with Gasteiger partial charge in [-0.1, -0.05) is 19.1 Å². The van der Waals surface area contributed by atoms with E-state index in [1.807, 2.05) is 26.2 Å². The molecule has 5 heteroatoms. The molecule has 0 fully saturated rings. The maximum atomic E-state index is 11.4. The Hall–Kier alpha value is -1.59. The summed E-state index contributed by atoms with van der Waals surface area (Å²) in [4.78, 5) is 15.7. The van der Waals surface area contributed by atoms with Crippen molar-refractivity contribution >= 4 is 11.7 Å². The zero-order valence-corrected chi connectivity index (χ0v) is 12.8. The Labute approximate surface area is 121 Å². The van der Waals surface area contributed by atoms with Gasteiger partial charge in [0.1, 0.15) is 0 Å². The molecule has 0 amide bonds. The summed E-state index contributed by atoms with van der Waals surface area (Å²) in [6.07, 6.45) is 0. The summed E-state index contributed by atoms with van der Waals surface area (Å²) in [6, 6.07) is 5.62. The lowest BCUT2D eigenvalue weighted by molar-refractivity contribution is 0.0694. The molecule has 1 unspecified atom stereocenters. The highest BCUT2D eigenvalue weighted by Crippen LogP contribution is 2.19. The molecule has 0 saturated carbocycles. The van der Waals surface area contributed by atoms with Crippen LogP contribution in [0.2, 0.25) is 0 Å². The molecule has 0 aliphatic heterocycles. The Morgan fingerprint density at radius 2 is 2.05 bits per heavy atom. The highest BCUT2D eigenvalue weighted by molar-refractivity contribution is 5.95. The number of carboxylic acids is 1. The van der Waals surface area contributed by atoms with Gasteiger partial charge in [0, 0.05) is 24.8 Å². The van der Waals surface area contributed by atoms with Crippen LogP contribution in [0.5, 0.6) is 0 Å². The number of hydrogen-bond donors (Lipinski definition) is 2. The van der Waals surface area contributed by atoms with E-state index in [9.17, 15) is 9.90 Å².